The molecule has 1 saturated heterocycles. The molecule has 1 N–H and O–H groups in total. The highest BCUT2D eigenvalue weighted by Crippen LogP contribution is 2.56. The smallest absolute Gasteiger partial charge is 0.233 e. The lowest BCUT2D eigenvalue weighted by molar-refractivity contribution is -0.138. The van der Waals surface area contributed by atoms with Crippen molar-refractivity contribution in [1.82, 2.24) is 5.32 Å². The molecule has 3 nitrogen and oxygen atoms in total. The van der Waals surface area contributed by atoms with Crippen LogP contribution in [0.25, 0.3) is 0 Å². The number of hydrogen-bond acceptors (Lipinski definition) is 2. The number of nitrogens with one attached hydrogen (secondary N) is 1. The van der Waals surface area contributed by atoms with Crippen LogP contribution in [0.4, 0.5) is 0 Å². The number of carbonyl (C=O) groups excluding carboxylic acids is 2. The second kappa shape index (κ2) is 9.44. The number of rotatable bonds is 12. The molecule has 3 heteroatoms. The number of amides is 2. The minimum absolute atomic E-state index is 0.0246. The van der Waals surface area contributed by atoms with E-state index < -0.39 is 10.8 Å². The van der Waals surface area contributed by atoms with E-state index in [4.69, 9.17) is 0 Å². The lowest BCUT2D eigenvalue weighted by atomic mass is 9.56. The molecule has 2 amide bonds. The predicted octanol–water partition coefficient (Wildman–Crippen LogP) is 5.38. The fourth-order valence-electron chi connectivity index (χ4n) is 4.35. The summed E-state index contributed by atoms with van der Waals surface area (Å²) >= 11 is 0. The Morgan fingerprint density at radius 1 is 0.609 bits per heavy atom. The van der Waals surface area contributed by atoms with E-state index in [0.717, 1.165) is 77.0 Å². The summed E-state index contributed by atoms with van der Waals surface area (Å²) in [6.45, 7) is 8.67. The Hall–Kier alpha value is -0.860. The van der Waals surface area contributed by atoms with Crippen LogP contribution in [-0.4, -0.2) is 11.8 Å². The second-order valence-electron chi connectivity index (χ2n) is 7.36. The topological polar surface area (TPSA) is 46.2 Å². The van der Waals surface area contributed by atoms with Crippen molar-refractivity contribution in [2.75, 3.05) is 0 Å². The first kappa shape index (κ1) is 20.2. The molecule has 0 bridgehead atoms. The molecule has 0 aliphatic carbocycles. The third kappa shape index (κ3) is 3.97. The summed E-state index contributed by atoms with van der Waals surface area (Å²) in [6.07, 6.45) is 11.9. The summed E-state index contributed by atoms with van der Waals surface area (Å²) in [6, 6.07) is 0. The molecule has 0 atom stereocenters. The van der Waals surface area contributed by atoms with Crippen molar-refractivity contribution in [2.24, 2.45) is 10.8 Å². The third-order valence-electron chi connectivity index (χ3n) is 5.84. The monoisotopic (exact) mass is 323 g/mol. The number of hydrogen-bond donors (Lipinski definition) is 1. The summed E-state index contributed by atoms with van der Waals surface area (Å²) in [7, 11) is 0. The van der Waals surface area contributed by atoms with Crippen LogP contribution in [0.3, 0.4) is 0 Å². The third-order valence-corrected chi connectivity index (χ3v) is 5.84. The van der Waals surface area contributed by atoms with E-state index in [9.17, 15) is 9.59 Å². The second-order valence-corrected chi connectivity index (χ2v) is 7.36. The van der Waals surface area contributed by atoms with Gasteiger partial charge in [0.15, 0.2) is 0 Å². The lowest BCUT2D eigenvalue weighted by Gasteiger charge is -2.43. The van der Waals surface area contributed by atoms with Crippen molar-refractivity contribution in [3.63, 3.8) is 0 Å². The number of unbranched alkanes of at least 4 members (excludes halogenated alkanes) is 4. The van der Waals surface area contributed by atoms with Crippen molar-refractivity contribution in [2.45, 2.75) is 105 Å². The van der Waals surface area contributed by atoms with E-state index in [1.165, 1.54) is 0 Å². The Morgan fingerprint density at radius 3 is 1.09 bits per heavy atom. The summed E-state index contributed by atoms with van der Waals surface area (Å²) in [4.78, 5) is 25.9. The summed E-state index contributed by atoms with van der Waals surface area (Å²) in [5, 5.41) is 2.76. The van der Waals surface area contributed by atoms with Crippen molar-refractivity contribution in [3.05, 3.63) is 0 Å². The van der Waals surface area contributed by atoms with Gasteiger partial charge in [-0.05, 0) is 25.7 Å². The van der Waals surface area contributed by atoms with Crippen LogP contribution in [0.2, 0.25) is 0 Å². The van der Waals surface area contributed by atoms with Gasteiger partial charge in [-0.1, -0.05) is 79.1 Å². The van der Waals surface area contributed by atoms with Gasteiger partial charge in [0.2, 0.25) is 11.8 Å². The summed E-state index contributed by atoms with van der Waals surface area (Å²) in [5.74, 6) is 0.0493. The molecule has 1 fully saturated rings. The average Bonchev–Trinajstić information content (AvgIpc) is 2.75. The first-order chi connectivity index (χ1) is 11.0. The maximum Gasteiger partial charge on any atom is 0.233 e. The van der Waals surface area contributed by atoms with Gasteiger partial charge in [-0.15, -0.1) is 0 Å². The fraction of sp³-hybridized carbons (Fsp3) is 0.900. The van der Waals surface area contributed by atoms with Gasteiger partial charge < -0.3 is 0 Å². The maximum absolute atomic E-state index is 12.9. The van der Waals surface area contributed by atoms with Gasteiger partial charge in [0.25, 0.3) is 0 Å². The zero-order valence-corrected chi connectivity index (χ0v) is 15.8. The standard InChI is InChI=1S/C20H37NO2/c1-5-9-13-19(14-10-6-2)17(22)21-18(23)20(19,15-11-7-3)16-12-8-4/h5-16H2,1-4H3,(H,21,22,23). The molecule has 0 aromatic heterocycles. The Balaban J connectivity index is 3.27. The summed E-state index contributed by atoms with van der Waals surface area (Å²) < 4.78 is 0. The van der Waals surface area contributed by atoms with Crippen molar-refractivity contribution in [3.8, 4) is 0 Å². The highest BCUT2D eigenvalue weighted by Gasteiger charge is 2.63. The van der Waals surface area contributed by atoms with E-state index >= 15 is 0 Å². The minimum Gasteiger partial charge on any atom is -0.295 e. The lowest BCUT2D eigenvalue weighted by Crippen LogP contribution is -2.45. The molecule has 23 heavy (non-hydrogen) atoms. The Morgan fingerprint density at radius 2 is 0.870 bits per heavy atom. The van der Waals surface area contributed by atoms with E-state index in [1.807, 2.05) is 0 Å². The molecule has 1 rings (SSSR count). The largest absolute Gasteiger partial charge is 0.295 e. The van der Waals surface area contributed by atoms with Crippen LogP contribution in [-0.2, 0) is 9.59 Å². The molecule has 134 valence electrons. The molecule has 0 unspecified atom stereocenters. The SMILES string of the molecule is CCCCC1(CCCC)C(=O)NC(=O)C1(CCCC)CCCC. The highest BCUT2D eigenvalue weighted by atomic mass is 16.2. The molecule has 0 aromatic rings. The average molecular weight is 324 g/mol. The predicted molar refractivity (Wildman–Crippen MR) is 96.1 cm³/mol. The Kier molecular flexibility index (Phi) is 8.28. The Labute approximate surface area is 143 Å². The van der Waals surface area contributed by atoms with Gasteiger partial charge in [-0.2, -0.15) is 0 Å². The number of carbonyl (C=O) groups is 2. The van der Waals surface area contributed by atoms with E-state index in [2.05, 4.69) is 33.0 Å². The van der Waals surface area contributed by atoms with Gasteiger partial charge in [0, 0.05) is 0 Å². The van der Waals surface area contributed by atoms with Gasteiger partial charge in [0.05, 0.1) is 10.8 Å². The molecule has 0 aromatic carbocycles. The first-order valence-electron chi connectivity index (χ1n) is 9.90. The molecule has 0 spiro atoms. The zero-order valence-electron chi connectivity index (χ0n) is 15.8. The summed E-state index contributed by atoms with van der Waals surface area (Å²) in [5.41, 5.74) is -0.916. The molecule has 1 heterocycles. The van der Waals surface area contributed by atoms with Crippen LogP contribution >= 0.6 is 0 Å². The molecular weight excluding hydrogens is 286 g/mol. The zero-order chi connectivity index (χ0) is 17.3. The number of imide groups is 1. The van der Waals surface area contributed by atoms with Gasteiger partial charge in [-0.3, -0.25) is 14.9 Å². The molecule has 1 aliphatic rings. The van der Waals surface area contributed by atoms with Gasteiger partial charge >= 0.3 is 0 Å². The van der Waals surface area contributed by atoms with Gasteiger partial charge in [-0.25, -0.2) is 0 Å². The quantitative estimate of drug-likeness (QED) is 0.490. The van der Waals surface area contributed by atoms with Crippen molar-refractivity contribution < 1.29 is 9.59 Å². The molecule has 1 aliphatic heterocycles. The molecular formula is C20H37NO2. The minimum atomic E-state index is -0.458. The molecule has 0 saturated carbocycles. The molecule has 0 radical (unpaired) electrons. The van der Waals surface area contributed by atoms with Crippen LogP contribution < -0.4 is 5.32 Å². The van der Waals surface area contributed by atoms with E-state index in [-0.39, 0.29) is 11.8 Å². The van der Waals surface area contributed by atoms with Crippen LogP contribution in [0.5, 0.6) is 0 Å². The van der Waals surface area contributed by atoms with Crippen molar-refractivity contribution >= 4 is 11.8 Å². The van der Waals surface area contributed by atoms with Crippen molar-refractivity contribution in [1.29, 1.82) is 0 Å². The fourth-order valence-corrected chi connectivity index (χ4v) is 4.35. The van der Waals surface area contributed by atoms with Crippen LogP contribution in [0, 0.1) is 10.8 Å². The van der Waals surface area contributed by atoms with Gasteiger partial charge in [0.1, 0.15) is 0 Å². The van der Waals surface area contributed by atoms with Crippen LogP contribution in [0.15, 0.2) is 0 Å². The maximum atomic E-state index is 12.9. The van der Waals surface area contributed by atoms with Crippen LogP contribution in [0.1, 0.15) is 105 Å². The normalized spacial score (nSPS) is 19.1. The highest BCUT2D eigenvalue weighted by molar-refractivity contribution is 6.09. The van der Waals surface area contributed by atoms with E-state index in [1.54, 1.807) is 0 Å². The Bertz CT molecular complexity index is 337. The van der Waals surface area contributed by atoms with E-state index in [0.29, 0.717) is 0 Å². The first-order valence-corrected chi connectivity index (χ1v) is 9.90.